The van der Waals surface area contributed by atoms with Gasteiger partial charge in [0.05, 0.1) is 0 Å². The minimum Gasteiger partial charge on any atom is -0.486 e. The zero-order valence-electron chi connectivity index (χ0n) is 17.7. The molecule has 2 aliphatic rings. The molecule has 4 nitrogen and oxygen atoms in total. The first kappa shape index (κ1) is 19.1. The molecule has 2 aliphatic heterocycles. The molecule has 3 heterocycles. The maximum Gasteiger partial charge on any atom is 0.161 e. The van der Waals surface area contributed by atoms with E-state index in [2.05, 4.69) is 66.2 Å². The number of rotatable bonds is 4. The molecule has 0 amide bonds. The third-order valence-electron chi connectivity index (χ3n) is 6.29. The Balaban J connectivity index is 1.36. The molecule has 1 aromatic heterocycles. The summed E-state index contributed by atoms with van der Waals surface area (Å²) in [5, 5.41) is 0. The van der Waals surface area contributed by atoms with Crippen molar-refractivity contribution in [1.82, 2.24) is 9.88 Å². The highest BCUT2D eigenvalue weighted by atomic mass is 16.6. The minimum atomic E-state index is 0.432. The van der Waals surface area contributed by atoms with Crippen molar-refractivity contribution in [2.75, 3.05) is 19.8 Å². The highest BCUT2D eigenvalue weighted by Gasteiger charge is 2.27. The van der Waals surface area contributed by atoms with Gasteiger partial charge in [-0.25, -0.2) is 0 Å². The maximum absolute atomic E-state index is 5.81. The lowest BCUT2D eigenvalue weighted by molar-refractivity contribution is 0.170. The molecule has 1 atom stereocenters. The first-order valence-corrected chi connectivity index (χ1v) is 10.8. The summed E-state index contributed by atoms with van der Waals surface area (Å²) in [5.41, 5.74) is 7.56. The fraction of sp³-hybridized carbons (Fsp3) is 0.346. The first-order chi connectivity index (χ1) is 14.7. The molecule has 0 unspecified atom stereocenters. The topological polar surface area (TPSA) is 34.6 Å². The van der Waals surface area contributed by atoms with Crippen LogP contribution < -0.4 is 9.47 Å². The summed E-state index contributed by atoms with van der Waals surface area (Å²) in [7, 11) is 0. The maximum atomic E-state index is 5.81. The van der Waals surface area contributed by atoms with E-state index in [1.807, 2.05) is 12.3 Å². The molecule has 5 rings (SSSR count). The third kappa shape index (κ3) is 3.68. The van der Waals surface area contributed by atoms with Gasteiger partial charge in [0.25, 0.3) is 0 Å². The van der Waals surface area contributed by atoms with E-state index >= 15 is 0 Å². The number of hydrogen-bond donors (Lipinski definition) is 0. The molecule has 0 N–H and O–H groups in total. The van der Waals surface area contributed by atoms with Gasteiger partial charge in [0, 0.05) is 30.0 Å². The van der Waals surface area contributed by atoms with E-state index in [9.17, 15) is 0 Å². The predicted octanol–water partition coefficient (Wildman–Crippen LogP) is 5.47. The smallest absolute Gasteiger partial charge is 0.161 e. The minimum absolute atomic E-state index is 0.432. The monoisotopic (exact) mass is 400 g/mol. The SMILES string of the molecule is Cc1cc(CN2CCC[C@H]2c2ccc3c(c2)OCCO3)ccc1-c1cccnc1C. The van der Waals surface area contributed by atoms with Crippen LogP contribution in [0.4, 0.5) is 0 Å². The molecular weight excluding hydrogens is 372 g/mol. The van der Waals surface area contributed by atoms with Gasteiger partial charge in [-0.1, -0.05) is 30.3 Å². The number of nitrogens with zero attached hydrogens (tertiary/aromatic N) is 2. The molecule has 0 radical (unpaired) electrons. The lowest BCUT2D eigenvalue weighted by Gasteiger charge is -2.27. The van der Waals surface area contributed by atoms with Crippen LogP contribution in [-0.2, 0) is 6.54 Å². The Hall–Kier alpha value is -2.85. The van der Waals surface area contributed by atoms with Crippen molar-refractivity contribution in [2.45, 2.75) is 39.3 Å². The van der Waals surface area contributed by atoms with Crippen LogP contribution in [0.5, 0.6) is 11.5 Å². The van der Waals surface area contributed by atoms with Crippen LogP contribution in [0, 0.1) is 13.8 Å². The molecule has 2 aromatic carbocycles. The average Bonchev–Trinajstić information content (AvgIpc) is 3.22. The Bertz CT molecular complexity index is 1060. The van der Waals surface area contributed by atoms with Crippen LogP contribution in [0.2, 0.25) is 0 Å². The molecular formula is C26H28N2O2. The Morgan fingerprint density at radius 3 is 2.67 bits per heavy atom. The van der Waals surface area contributed by atoms with Crippen molar-refractivity contribution < 1.29 is 9.47 Å². The van der Waals surface area contributed by atoms with E-state index in [-0.39, 0.29) is 0 Å². The Kier molecular flexibility index (Phi) is 5.17. The standard InChI is InChI=1S/C26H28N2O2/c1-18-15-20(7-9-22(18)23-5-3-11-27-19(23)2)17-28-12-4-6-24(28)21-8-10-25-26(16-21)30-14-13-29-25/h3,5,7-11,15-16,24H,4,6,12-14,17H2,1-2H3/t24-/m0/s1. The van der Waals surface area contributed by atoms with Crippen LogP contribution >= 0.6 is 0 Å². The first-order valence-electron chi connectivity index (χ1n) is 10.8. The van der Waals surface area contributed by atoms with Crippen molar-refractivity contribution in [3.8, 4) is 22.6 Å². The number of aromatic nitrogens is 1. The normalized spacial score (nSPS) is 18.5. The summed E-state index contributed by atoms with van der Waals surface area (Å²) in [4.78, 5) is 7.04. The second-order valence-electron chi connectivity index (χ2n) is 8.32. The predicted molar refractivity (Wildman–Crippen MR) is 119 cm³/mol. The van der Waals surface area contributed by atoms with Gasteiger partial charge in [0.2, 0.25) is 0 Å². The van der Waals surface area contributed by atoms with Gasteiger partial charge in [-0.3, -0.25) is 9.88 Å². The van der Waals surface area contributed by atoms with Gasteiger partial charge >= 0.3 is 0 Å². The second-order valence-corrected chi connectivity index (χ2v) is 8.32. The molecule has 3 aromatic rings. The van der Waals surface area contributed by atoms with Gasteiger partial charge in [-0.15, -0.1) is 0 Å². The van der Waals surface area contributed by atoms with Crippen molar-refractivity contribution >= 4 is 0 Å². The fourth-order valence-electron chi connectivity index (χ4n) is 4.79. The quantitative estimate of drug-likeness (QED) is 0.581. The number of ether oxygens (including phenoxy) is 2. The van der Waals surface area contributed by atoms with E-state index in [0.29, 0.717) is 19.3 Å². The third-order valence-corrected chi connectivity index (χ3v) is 6.29. The average molecular weight is 401 g/mol. The van der Waals surface area contributed by atoms with Crippen molar-refractivity contribution in [1.29, 1.82) is 0 Å². The molecule has 154 valence electrons. The second kappa shape index (κ2) is 8.11. The lowest BCUT2D eigenvalue weighted by atomic mass is 9.97. The number of likely N-dealkylation sites (tertiary alicyclic amines) is 1. The molecule has 0 saturated carbocycles. The summed E-state index contributed by atoms with van der Waals surface area (Å²) in [5.74, 6) is 1.75. The molecule has 1 fully saturated rings. The molecule has 1 saturated heterocycles. The summed E-state index contributed by atoms with van der Waals surface area (Å²) < 4.78 is 11.5. The molecule has 4 heteroatoms. The van der Waals surface area contributed by atoms with Crippen LogP contribution in [0.15, 0.2) is 54.7 Å². The number of fused-ring (bicyclic) bond motifs is 1. The zero-order chi connectivity index (χ0) is 20.5. The van der Waals surface area contributed by atoms with E-state index in [0.717, 1.165) is 30.3 Å². The summed E-state index contributed by atoms with van der Waals surface area (Å²) in [6.45, 7) is 7.63. The van der Waals surface area contributed by atoms with E-state index in [1.165, 1.54) is 40.7 Å². The number of aryl methyl sites for hydroxylation is 2. The molecule has 0 bridgehead atoms. The number of benzene rings is 2. The van der Waals surface area contributed by atoms with Gasteiger partial charge in [-0.2, -0.15) is 0 Å². The number of hydrogen-bond acceptors (Lipinski definition) is 4. The van der Waals surface area contributed by atoms with Crippen LogP contribution in [0.1, 0.15) is 41.3 Å². The Morgan fingerprint density at radius 1 is 0.967 bits per heavy atom. The highest BCUT2D eigenvalue weighted by Crippen LogP contribution is 2.39. The van der Waals surface area contributed by atoms with Crippen molar-refractivity contribution in [3.05, 3.63) is 77.1 Å². The van der Waals surface area contributed by atoms with Crippen molar-refractivity contribution in [3.63, 3.8) is 0 Å². The Morgan fingerprint density at radius 2 is 1.83 bits per heavy atom. The van der Waals surface area contributed by atoms with E-state index in [1.54, 1.807) is 0 Å². The molecule has 0 spiro atoms. The van der Waals surface area contributed by atoms with Crippen LogP contribution in [0.3, 0.4) is 0 Å². The molecule has 0 aliphatic carbocycles. The van der Waals surface area contributed by atoms with Crippen molar-refractivity contribution in [2.24, 2.45) is 0 Å². The summed E-state index contributed by atoms with van der Waals surface area (Å²) >= 11 is 0. The van der Waals surface area contributed by atoms with Crippen LogP contribution in [0.25, 0.3) is 11.1 Å². The van der Waals surface area contributed by atoms with E-state index in [4.69, 9.17) is 9.47 Å². The van der Waals surface area contributed by atoms with E-state index < -0.39 is 0 Å². The van der Waals surface area contributed by atoms with Gasteiger partial charge in [-0.05, 0) is 73.7 Å². The fourth-order valence-corrected chi connectivity index (χ4v) is 4.79. The van der Waals surface area contributed by atoms with Gasteiger partial charge < -0.3 is 9.47 Å². The zero-order valence-corrected chi connectivity index (χ0v) is 17.7. The number of pyridine rings is 1. The van der Waals surface area contributed by atoms with Gasteiger partial charge in [0.1, 0.15) is 13.2 Å². The largest absolute Gasteiger partial charge is 0.486 e. The van der Waals surface area contributed by atoms with Gasteiger partial charge in [0.15, 0.2) is 11.5 Å². The summed E-state index contributed by atoms with van der Waals surface area (Å²) in [6.07, 6.45) is 4.27. The molecule has 30 heavy (non-hydrogen) atoms. The Labute approximate surface area is 178 Å². The lowest BCUT2D eigenvalue weighted by Crippen LogP contribution is -2.23. The summed E-state index contributed by atoms with van der Waals surface area (Å²) in [6, 6.07) is 17.9. The van der Waals surface area contributed by atoms with Crippen LogP contribution in [-0.4, -0.2) is 29.6 Å². The highest BCUT2D eigenvalue weighted by molar-refractivity contribution is 5.69.